The van der Waals surface area contributed by atoms with E-state index in [0.717, 1.165) is 38.6 Å². The molecule has 0 aliphatic carbocycles. The summed E-state index contributed by atoms with van der Waals surface area (Å²) >= 11 is 0. The fraction of sp³-hybridized carbons (Fsp3) is 0.667. The summed E-state index contributed by atoms with van der Waals surface area (Å²) in [4.78, 5) is 4.92. The molecule has 1 aliphatic rings. The number of nitrogens with one attached hydrogen (secondary N) is 1. The monoisotopic (exact) mass is 289 g/mol. The van der Waals surface area contributed by atoms with Crippen LogP contribution in [-0.4, -0.2) is 38.8 Å². The lowest BCUT2D eigenvalue weighted by molar-refractivity contribution is 0.388. The Labute approximate surface area is 130 Å². The van der Waals surface area contributed by atoms with Gasteiger partial charge in [0.1, 0.15) is 0 Å². The molecule has 0 radical (unpaired) electrons. The Hall–Kier alpha value is -1.22. The number of rotatable bonds is 6. The van der Waals surface area contributed by atoms with Gasteiger partial charge in [-0.05, 0) is 50.5 Å². The van der Waals surface area contributed by atoms with Crippen LogP contribution in [0.4, 0.5) is 11.4 Å². The van der Waals surface area contributed by atoms with E-state index in [1.165, 1.54) is 17.8 Å². The predicted octanol–water partition coefficient (Wildman–Crippen LogP) is 3.36. The van der Waals surface area contributed by atoms with Crippen LogP contribution in [0.15, 0.2) is 24.3 Å². The molecule has 1 unspecified atom stereocenters. The molecular formula is C18H31N3. The van der Waals surface area contributed by atoms with Crippen LogP contribution in [0.1, 0.15) is 34.1 Å². The zero-order valence-electron chi connectivity index (χ0n) is 14.1. The minimum Gasteiger partial charge on any atom is -0.372 e. The van der Waals surface area contributed by atoms with Gasteiger partial charge in [0.15, 0.2) is 0 Å². The smallest absolute Gasteiger partial charge is 0.0368 e. The molecule has 1 heterocycles. The Morgan fingerprint density at radius 1 is 1.19 bits per heavy atom. The highest BCUT2D eigenvalue weighted by Gasteiger charge is 2.20. The minimum atomic E-state index is 0.626. The van der Waals surface area contributed by atoms with Crippen molar-refractivity contribution < 1.29 is 0 Å². The normalized spacial score (nSPS) is 19.1. The van der Waals surface area contributed by atoms with E-state index in [1.807, 2.05) is 0 Å². The highest BCUT2D eigenvalue weighted by atomic mass is 15.2. The van der Waals surface area contributed by atoms with Crippen molar-refractivity contribution in [1.29, 1.82) is 0 Å². The molecule has 1 aliphatic heterocycles. The van der Waals surface area contributed by atoms with Gasteiger partial charge in [-0.15, -0.1) is 0 Å². The number of benzene rings is 1. The van der Waals surface area contributed by atoms with Crippen molar-refractivity contribution in [2.45, 2.75) is 40.2 Å². The van der Waals surface area contributed by atoms with E-state index in [4.69, 9.17) is 0 Å². The third-order valence-electron chi connectivity index (χ3n) is 4.35. The lowest BCUT2D eigenvalue weighted by Gasteiger charge is -2.36. The summed E-state index contributed by atoms with van der Waals surface area (Å²) in [5, 5.41) is 3.65. The van der Waals surface area contributed by atoms with Gasteiger partial charge in [0, 0.05) is 50.1 Å². The molecule has 3 nitrogen and oxygen atoms in total. The molecule has 0 spiro atoms. The van der Waals surface area contributed by atoms with Crippen LogP contribution in [0.2, 0.25) is 0 Å². The second-order valence-corrected chi connectivity index (χ2v) is 6.42. The van der Waals surface area contributed by atoms with Gasteiger partial charge >= 0.3 is 0 Å². The van der Waals surface area contributed by atoms with Crippen LogP contribution in [0, 0.1) is 5.92 Å². The molecule has 21 heavy (non-hydrogen) atoms. The van der Waals surface area contributed by atoms with E-state index >= 15 is 0 Å². The van der Waals surface area contributed by atoms with Gasteiger partial charge < -0.3 is 15.1 Å². The van der Waals surface area contributed by atoms with Crippen molar-refractivity contribution in [3.63, 3.8) is 0 Å². The zero-order valence-corrected chi connectivity index (χ0v) is 14.1. The molecule has 0 bridgehead atoms. The van der Waals surface area contributed by atoms with Crippen molar-refractivity contribution in [1.82, 2.24) is 5.32 Å². The second-order valence-electron chi connectivity index (χ2n) is 6.42. The molecule has 1 atom stereocenters. The molecule has 0 saturated carbocycles. The van der Waals surface area contributed by atoms with Gasteiger partial charge in [0.25, 0.3) is 0 Å². The van der Waals surface area contributed by atoms with E-state index in [2.05, 4.69) is 67.1 Å². The molecular weight excluding hydrogens is 258 g/mol. The number of hydrogen-bond acceptors (Lipinski definition) is 3. The maximum Gasteiger partial charge on any atom is 0.0368 e. The fourth-order valence-electron chi connectivity index (χ4n) is 3.25. The first-order valence-corrected chi connectivity index (χ1v) is 8.47. The molecule has 1 saturated heterocycles. The topological polar surface area (TPSA) is 18.5 Å². The first kappa shape index (κ1) is 16.2. The van der Waals surface area contributed by atoms with E-state index in [0.29, 0.717) is 6.04 Å². The standard InChI is InChI=1S/C18H31N3/c1-5-20(6-2)17-7-9-18(10-8-17)21-12-11-19-16(14-21)13-15(3)4/h7-10,15-16,19H,5-6,11-14H2,1-4H3. The van der Waals surface area contributed by atoms with Gasteiger partial charge in [-0.3, -0.25) is 0 Å². The van der Waals surface area contributed by atoms with Crippen LogP contribution >= 0.6 is 0 Å². The number of nitrogens with zero attached hydrogens (tertiary/aromatic N) is 2. The molecule has 1 fully saturated rings. The Morgan fingerprint density at radius 2 is 1.86 bits per heavy atom. The highest BCUT2D eigenvalue weighted by molar-refractivity contribution is 5.56. The Kier molecular flexibility index (Phi) is 5.92. The van der Waals surface area contributed by atoms with E-state index in [-0.39, 0.29) is 0 Å². The van der Waals surface area contributed by atoms with Gasteiger partial charge in [0.05, 0.1) is 0 Å². The van der Waals surface area contributed by atoms with E-state index in [9.17, 15) is 0 Å². The maximum absolute atomic E-state index is 3.65. The van der Waals surface area contributed by atoms with Gasteiger partial charge in [-0.1, -0.05) is 13.8 Å². The summed E-state index contributed by atoms with van der Waals surface area (Å²) < 4.78 is 0. The summed E-state index contributed by atoms with van der Waals surface area (Å²) in [5.41, 5.74) is 2.69. The molecule has 1 N–H and O–H groups in total. The van der Waals surface area contributed by atoms with Gasteiger partial charge in [-0.25, -0.2) is 0 Å². The molecule has 0 aromatic heterocycles. The summed E-state index contributed by atoms with van der Waals surface area (Å²) in [7, 11) is 0. The average molecular weight is 289 g/mol. The molecule has 1 aromatic rings. The van der Waals surface area contributed by atoms with Crippen molar-refractivity contribution in [2.24, 2.45) is 5.92 Å². The first-order chi connectivity index (χ1) is 10.1. The van der Waals surface area contributed by atoms with Crippen molar-refractivity contribution in [3.8, 4) is 0 Å². The summed E-state index contributed by atoms with van der Waals surface area (Å²) in [6, 6.07) is 9.72. The lowest BCUT2D eigenvalue weighted by atomic mass is 10.0. The Balaban J connectivity index is 2.01. The minimum absolute atomic E-state index is 0.626. The Bertz CT molecular complexity index is 409. The SMILES string of the molecule is CCN(CC)c1ccc(N2CCNC(CC(C)C)C2)cc1. The second kappa shape index (κ2) is 7.69. The fourth-order valence-corrected chi connectivity index (χ4v) is 3.25. The van der Waals surface area contributed by atoms with Gasteiger partial charge in [0.2, 0.25) is 0 Å². The zero-order chi connectivity index (χ0) is 15.2. The van der Waals surface area contributed by atoms with Crippen molar-refractivity contribution >= 4 is 11.4 Å². The largest absolute Gasteiger partial charge is 0.372 e. The Morgan fingerprint density at radius 3 is 2.43 bits per heavy atom. The van der Waals surface area contributed by atoms with Crippen LogP contribution in [0.25, 0.3) is 0 Å². The van der Waals surface area contributed by atoms with Crippen LogP contribution < -0.4 is 15.1 Å². The maximum atomic E-state index is 3.65. The average Bonchev–Trinajstić information content (AvgIpc) is 2.49. The third kappa shape index (κ3) is 4.37. The van der Waals surface area contributed by atoms with Crippen molar-refractivity contribution in [2.75, 3.05) is 42.5 Å². The van der Waals surface area contributed by atoms with Crippen LogP contribution in [0.3, 0.4) is 0 Å². The highest BCUT2D eigenvalue weighted by Crippen LogP contribution is 2.22. The number of anilines is 2. The van der Waals surface area contributed by atoms with Crippen LogP contribution in [0.5, 0.6) is 0 Å². The van der Waals surface area contributed by atoms with Crippen molar-refractivity contribution in [3.05, 3.63) is 24.3 Å². The first-order valence-electron chi connectivity index (χ1n) is 8.47. The molecule has 2 rings (SSSR count). The predicted molar refractivity (Wildman–Crippen MR) is 93.5 cm³/mol. The summed E-state index contributed by atoms with van der Waals surface area (Å²) in [6.07, 6.45) is 1.26. The third-order valence-corrected chi connectivity index (χ3v) is 4.35. The molecule has 1 aromatic carbocycles. The summed E-state index contributed by atoms with van der Waals surface area (Å²) in [5.74, 6) is 0.757. The molecule has 0 amide bonds. The summed E-state index contributed by atoms with van der Waals surface area (Å²) in [6.45, 7) is 14.5. The lowest BCUT2D eigenvalue weighted by Crippen LogP contribution is -2.51. The quantitative estimate of drug-likeness (QED) is 0.866. The number of piperazine rings is 1. The van der Waals surface area contributed by atoms with E-state index < -0.39 is 0 Å². The van der Waals surface area contributed by atoms with E-state index in [1.54, 1.807) is 0 Å². The molecule has 118 valence electrons. The van der Waals surface area contributed by atoms with Crippen LogP contribution in [-0.2, 0) is 0 Å². The van der Waals surface area contributed by atoms with Gasteiger partial charge in [-0.2, -0.15) is 0 Å². The number of hydrogen-bond donors (Lipinski definition) is 1. The molecule has 3 heteroatoms.